The molecule has 0 saturated carbocycles. The molecule has 0 bridgehead atoms. The van der Waals surface area contributed by atoms with Crippen molar-refractivity contribution in [2.24, 2.45) is 0 Å². The summed E-state index contributed by atoms with van der Waals surface area (Å²) in [6.07, 6.45) is 0. The molecule has 0 heterocycles. The summed E-state index contributed by atoms with van der Waals surface area (Å²) in [5.41, 5.74) is 0.642. The van der Waals surface area contributed by atoms with Gasteiger partial charge < -0.3 is 4.74 Å². The number of benzene rings is 1. The molecule has 15 heavy (non-hydrogen) atoms. The number of rotatable bonds is 3. The second-order valence-electron chi connectivity index (χ2n) is 3.12. The van der Waals surface area contributed by atoms with Gasteiger partial charge >= 0.3 is 5.97 Å². The minimum Gasteiger partial charge on any atom is -0.468 e. The maximum Gasteiger partial charge on any atom is 0.320 e. The number of Topliss-reactive ketones (excluding diaryl/α,β-unsaturated/α-hetero) is 1. The lowest BCUT2D eigenvalue weighted by atomic mass is 9.96. The Morgan fingerprint density at radius 1 is 1.40 bits per heavy atom. The summed E-state index contributed by atoms with van der Waals surface area (Å²) >= 11 is 3.29. The highest BCUT2D eigenvalue weighted by molar-refractivity contribution is 9.10. The first kappa shape index (κ1) is 11.9. The average molecular weight is 271 g/mol. The Kier molecular flexibility index (Phi) is 4.03. The van der Waals surface area contributed by atoms with Crippen molar-refractivity contribution < 1.29 is 14.3 Å². The van der Waals surface area contributed by atoms with Gasteiger partial charge in [0.15, 0.2) is 0 Å². The molecular formula is C11H11BrO3. The van der Waals surface area contributed by atoms with E-state index in [1.807, 2.05) is 6.07 Å². The molecule has 1 aromatic rings. The first-order valence-corrected chi connectivity index (χ1v) is 5.19. The molecule has 0 aromatic heterocycles. The lowest BCUT2D eigenvalue weighted by molar-refractivity contribution is -0.145. The molecule has 1 aromatic carbocycles. The van der Waals surface area contributed by atoms with Crippen molar-refractivity contribution in [3.63, 3.8) is 0 Å². The predicted molar refractivity (Wildman–Crippen MR) is 59.6 cm³/mol. The summed E-state index contributed by atoms with van der Waals surface area (Å²) in [7, 11) is 1.27. The predicted octanol–water partition coefficient (Wildman–Crippen LogP) is 2.29. The standard InChI is InChI=1S/C11H11BrO3/c1-7(13)10(11(14)15-2)8-4-3-5-9(12)6-8/h3-6,10H,1-2H3. The van der Waals surface area contributed by atoms with Crippen LogP contribution in [0, 0.1) is 0 Å². The van der Waals surface area contributed by atoms with Gasteiger partial charge in [-0.05, 0) is 24.6 Å². The third-order valence-corrected chi connectivity index (χ3v) is 2.52. The lowest BCUT2D eigenvalue weighted by Crippen LogP contribution is -2.21. The Morgan fingerprint density at radius 2 is 2.07 bits per heavy atom. The number of halogens is 1. The number of carbonyl (C=O) groups excluding carboxylic acids is 2. The van der Waals surface area contributed by atoms with E-state index in [4.69, 9.17) is 0 Å². The summed E-state index contributed by atoms with van der Waals surface area (Å²) in [4.78, 5) is 22.7. The number of ketones is 1. The lowest BCUT2D eigenvalue weighted by Gasteiger charge is -2.11. The number of hydrogen-bond acceptors (Lipinski definition) is 3. The second kappa shape index (κ2) is 5.07. The van der Waals surface area contributed by atoms with Gasteiger partial charge in [-0.25, -0.2) is 0 Å². The van der Waals surface area contributed by atoms with E-state index in [1.165, 1.54) is 14.0 Å². The number of carbonyl (C=O) groups is 2. The number of esters is 1. The SMILES string of the molecule is COC(=O)C(C(C)=O)c1cccc(Br)c1. The normalized spacial score (nSPS) is 11.9. The minimum absolute atomic E-state index is 0.222. The Labute approximate surface area is 96.6 Å². The smallest absolute Gasteiger partial charge is 0.320 e. The van der Waals surface area contributed by atoms with Crippen molar-refractivity contribution in [3.05, 3.63) is 34.3 Å². The fraction of sp³-hybridized carbons (Fsp3) is 0.273. The highest BCUT2D eigenvalue weighted by atomic mass is 79.9. The van der Waals surface area contributed by atoms with Crippen molar-refractivity contribution in [3.8, 4) is 0 Å². The highest BCUT2D eigenvalue weighted by Gasteiger charge is 2.26. The molecular weight excluding hydrogens is 260 g/mol. The van der Waals surface area contributed by atoms with E-state index >= 15 is 0 Å². The molecule has 0 spiro atoms. The number of ether oxygens (including phenoxy) is 1. The van der Waals surface area contributed by atoms with E-state index in [0.29, 0.717) is 5.56 Å². The van der Waals surface area contributed by atoms with Gasteiger partial charge in [-0.1, -0.05) is 28.1 Å². The van der Waals surface area contributed by atoms with Gasteiger partial charge in [0, 0.05) is 4.47 Å². The van der Waals surface area contributed by atoms with Crippen LogP contribution in [0.5, 0.6) is 0 Å². The number of methoxy groups -OCH3 is 1. The van der Waals surface area contributed by atoms with Crippen LogP contribution in [0.1, 0.15) is 18.4 Å². The molecule has 0 aliphatic rings. The zero-order chi connectivity index (χ0) is 11.4. The van der Waals surface area contributed by atoms with E-state index in [-0.39, 0.29) is 5.78 Å². The Morgan fingerprint density at radius 3 is 2.53 bits per heavy atom. The number of hydrogen-bond donors (Lipinski definition) is 0. The van der Waals surface area contributed by atoms with Gasteiger partial charge in [-0.15, -0.1) is 0 Å². The maximum atomic E-state index is 11.4. The molecule has 0 radical (unpaired) electrons. The molecule has 0 N–H and O–H groups in total. The molecule has 1 unspecified atom stereocenters. The summed E-state index contributed by atoms with van der Waals surface area (Å²) in [5.74, 6) is -1.58. The van der Waals surface area contributed by atoms with Crippen LogP contribution in [0.15, 0.2) is 28.7 Å². The molecule has 3 nitrogen and oxygen atoms in total. The third kappa shape index (κ3) is 2.89. The van der Waals surface area contributed by atoms with Gasteiger partial charge in [0.1, 0.15) is 11.7 Å². The molecule has 0 aliphatic heterocycles. The second-order valence-corrected chi connectivity index (χ2v) is 4.04. The van der Waals surface area contributed by atoms with Crippen LogP contribution in [-0.2, 0) is 14.3 Å². The van der Waals surface area contributed by atoms with Gasteiger partial charge in [-0.2, -0.15) is 0 Å². The third-order valence-electron chi connectivity index (χ3n) is 2.03. The van der Waals surface area contributed by atoms with Gasteiger partial charge in [0.05, 0.1) is 7.11 Å². The molecule has 0 amide bonds. The van der Waals surface area contributed by atoms with Crippen molar-refractivity contribution in [2.45, 2.75) is 12.8 Å². The molecule has 0 saturated heterocycles. The first-order chi connectivity index (χ1) is 7.06. The van der Waals surface area contributed by atoms with E-state index in [9.17, 15) is 9.59 Å². The van der Waals surface area contributed by atoms with Crippen LogP contribution in [0.2, 0.25) is 0 Å². The zero-order valence-electron chi connectivity index (χ0n) is 8.49. The van der Waals surface area contributed by atoms with Crippen LogP contribution >= 0.6 is 15.9 Å². The molecule has 0 aliphatic carbocycles. The Balaban J connectivity index is 3.10. The van der Waals surface area contributed by atoms with Crippen LogP contribution in [0.25, 0.3) is 0 Å². The fourth-order valence-electron chi connectivity index (χ4n) is 1.34. The fourth-order valence-corrected chi connectivity index (χ4v) is 1.76. The van der Waals surface area contributed by atoms with Crippen molar-refractivity contribution in [1.82, 2.24) is 0 Å². The maximum absolute atomic E-state index is 11.4. The van der Waals surface area contributed by atoms with Crippen LogP contribution in [-0.4, -0.2) is 18.9 Å². The summed E-state index contributed by atoms with van der Waals surface area (Å²) in [6, 6.07) is 7.08. The highest BCUT2D eigenvalue weighted by Crippen LogP contribution is 2.22. The summed E-state index contributed by atoms with van der Waals surface area (Å²) in [6.45, 7) is 1.38. The van der Waals surface area contributed by atoms with Gasteiger partial charge in [0.25, 0.3) is 0 Å². The molecule has 0 fully saturated rings. The van der Waals surface area contributed by atoms with Crippen molar-refractivity contribution >= 4 is 27.7 Å². The van der Waals surface area contributed by atoms with E-state index in [1.54, 1.807) is 18.2 Å². The molecule has 1 rings (SSSR count). The summed E-state index contributed by atoms with van der Waals surface area (Å²) in [5, 5.41) is 0. The topological polar surface area (TPSA) is 43.4 Å². The largest absolute Gasteiger partial charge is 0.468 e. The van der Waals surface area contributed by atoms with E-state index in [2.05, 4.69) is 20.7 Å². The Bertz CT molecular complexity index is 387. The van der Waals surface area contributed by atoms with E-state index < -0.39 is 11.9 Å². The molecule has 80 valence electrons. The van der Waals surface area contributed by atoms with Gasteiger partial charge in [0.2, 0.25) is 0 Å². The monoisotopic (exact) mass is 270 g/mol. The zero-order valence-corrected chi connectivity index (χ0v) is 10.1. The first-order valence-electron chi connectivity index (χ1n) is 4.40. The van der Waals surface area contributed by atoms with E-state index in [0.717, 1.165) is 4.47 Å². The average Bonchev–Trinajstić information content (AvgIpc) is 2.17. The Hall–Kier alpha value is -1.16. The molecule has 1 atom stereocenters. The molecule has 4 heteroatoms. The van der Waals surface area contributed by atoms with Crippen LogP contribution < -0.4 is 0 Å². The van der Waals surface area contributed by atoms with Crippen molar-refractivity contribution in [2.75, 3.05) is 7.11 Å². The van der Waals surface area contributed by atoms with Crippen molar-refractivity contribution in [1.29, 1.82) is 0 Å². The summed E-state index contributed by atoms with van der Waals surface area (Å²) < 4.78 is 5.42. The van der Waals surface area contributed by atoms with Crippen LogP contribution in [0.3, 0.4) is 0 Å². The van der Waals surface area contributed by atoms with Crippen LogP contribution in [0.4, 0.5) is 0 Å². The van der Waals surface area contributed by atoms with Gasteiger partial charge in [-0.3, -0.25) is 9.59 Å². The quantitative estimate of drug-likeness (QED) is 0.625. The minimum atomic E-state index is -0.826.